The summed E-state index contributed by atoms with van der Waals surface area (Å²) in [6.45, 7) is 0. The van der Waals surface area contributed by atoms with Crippen LogP contribution in [-0.4, -0.2) is 5.33 Å². The van der Waals surface area contributed by atoms with Gasteiger partial charge in [0, 0.05) is 17.8 Å². The van der Waals surface area contributed by atoms with Gasteiger partial charge in [-0.05, 0) is 6.07 Å². The predicted molar refractivity (Wildman–Crippen MR) is 56.1 cm³/mol. The van der Waals surface area contributed by atoms with Crippen molar-refractivity contribution in [2.24, 2.45) is 0 Å². The highest BCUT2D eigenvalue weighted by atomic mass is 79.9. The maximum absolute atomic E-state index is 13.1. The summed E-state index contributed by atoms with van der Waals surface area (Å²) in [5.41, 5.74) is 5.50. The van der Waals surface area contributed by atoms with Crippen LogP contribution >= 0.6 is 15.9 Å². The van der Waals surface area contributed by atoms with Gasteiger partial charge in [-0.2, -0.15) is 0 Å². The summed E-state index contributed by atoms with van der Waals surface area (Å²) in [4.78, 5) is 0. The molecule has 0 fully saturated rings. The van der Waals surface area contributed by atoms with Crippen LogP contribution in [0.2, 0.25) is 0 Å². The number of hydrogen-bond acceptors (Lipinski definition) is 1. The van der Waals surface area contributed by atoms with Gasteiger partial charge in [0.25, 0.3) is 0 Å². The van der Waals surface area contributed by atoms with Gasteiger partial charge in [0.1, 0.15) is 11.6 Å². The van der Waals surface area contributed by atoms with Crippen LogP contribution in [0.4, 0.5) is 14.5 Å². The summed E-state index contributed by atoms with van der Waals surface area (Å²) in [5, 5.41) is 0.711. The van der Waals surface area contributed by atoms with Gasteiger partial charge in [0.05, 0.1) is 11.3 Å². The first kappa shape index (κ1) is 11.0. The minimum Gasteiger partial charge on any atom is -0.398 e. The van der Waals surface area contributed by atoms with E-state index in [1.54, 1.807) is 0 Å². The van der Waals surface area contributed by atoms with E-state index < -0.39 is 11.6 Å². The predicted octanol–water partition coefficient (Wildman–Crippen LogP) is 2.68. The smallest absolute Gasteiger partial charge is 0.143 e. The number of halogens is 3. The Labute approximate surface area is 89.4 Å². The summed E-state index contributed by atoms with van der Waals surface area (Å²) in [6, 6.07) is 1.83. The maximum atomic E-state index is 13.1. The lowest BCUT2D eigenvalue weighted by Gasteiger charge is -1.99. The van der Waals surface area contributed by atoms with Crippen molar-refractivity contribution < 1.29 is 8.78 Å². The SMILES string of the molecule is Nc1cc(F)cc(F)c1C#CCCBr. The van der Waals surface area contributed by atoms with E-state index in [1.165, 1.54) is 0 Å². The molecule has 14 heavy (non-hydrogen) atoms. The van der Waals surface area contributed by atoms with Crippen molar-refractivity contribution in [1.82, 2.24) is 0 Å². The number of nitrogens with two attached hydrogens (primary N) is 1. The van der Waals surface area contributed by atoms with Crippen molar-refractivity contribution >= 4 is 21.6 Å². The molecule has 0 aliphatic carbocycles. The summed E-state index contributed by atoms with van der Waals surface area (Å²) < 4.78 is 25.7. The molecule has 0 saturated carbocycles. The van der Waals surface area contributed by atoms with Crippen LogP contribution in [-0.2, 0) is 0 Å². The molecule has 0 radical (unpaired) electrons. The lowest BCUT2D eigenvalue weighted by atomic mass is 10.1. The molecule has 0 unspecified atom stereocenters. The summed E-state index contributed by atoms with van der Waals surface area (Å²) in [5.74, 6) is 3.87. The number of anilines is 1. The highest BCUT2D eigenvalue weighted by molar-refractivity contribution is 9.09. The van der Waals surface area contributed by atoms with Gasteiger partial charge >= 0.3 is 0 Å². The normalized spacial score (nSPS) is 9.36. The number of benzene rings is 1. The highest BCUT2D eigenvalue weighted by Crippen LogP contribution is 2.16. The summed E-state index contributed by atoms with van der Waals surface area (Å²) in [7, 11) is 0. The van der Waals surface area contributed by atoms with Crippen LogP contribution in [0.5, 0.6) is 0 Å². The van der Waals surface area contributed by atoms with Crippen LogP contribution in [0.25, 0.3) is 0 Å². The fraction of sp³-hybridized carbons (Fsp3) is 0.200. The van der Waals surface area contributed by atoms with Gasteiger partial charge in [-0.25, -0.2) is 8.78 Å². The van der Waals surface area contributed by atoms with Crippen molar-refractivity contribution in [3.8, 4) is 11.8 Å². The Balaban J connectivity index is 3.04. The number of nitrogen functional groups attached to an aromatic ring is 1. The first-order chi connectivity index (χ1) is 6.65. The quantitative estimate of drug-likeness (QED) is 0.469. The van der Waals surface area contributed by atoms with E-state index in [2.05, 4.69) is 27.8 Å². The van der Waals surface area contributed by atoms with E-state index in [1.807, 2.05) is 0 Å². The van der Waals surface area contributed by atoms with Crippen LogP contribution in [0.15, 0.2) is 12.1 Å². The van der Waals surface area contributed by atoms with Gasteiger partial charge in [-0.15, -0.1) is 0 Å². The largest absolute Gasteiger partial charge is 0.398 e. The topological polar surface area (TPSA) is 26.0 Å². The Bertz CT molecular complexity index is 370. The minimum absolute atomic E-state index is 0.0320. The fourth-order valence-corrected chi connectivity index (χ4v) is 1.12. The van der Waals surface area contributed by atoms with Crippen LogP contribution in [0, 0.1) is 23.5 Å². The second-order valence-corrected chi connectivity index (χ2v) is 3.39. The minimum atomic E-state index is -0.718. The fourth-order valence-electron chi connectivity index (χ4n) is 0.924. The molecule has 0 spiro atoms. The Morgan fingerprint density at radius 1 is 1.36 bits per heavy atom. The third-order valence-corrected chi connectivity index (χ3v) is 1.91. The molecule has 0 aromatic heterocycles. The number of alkyl halides is 1. The molecule has 4 heteroatoms. The van der Waals surface area contributed by atoms with Crippen LogP contribution in [0.3, 0.4) is 0 Å². The van der Waals surface area contributed by atoms with Crippen molar-refractivity contribution in [2.75, 3.05) is 11.1 Å². The molecule has 0 aliphatic rings. The van der Waals surface area contributed by atoms with Crippen molar-refractivity contribution in [3.63, 3.8) is 0 Å². The molecule has 74 valence electrons. The van der Waals surface area contributed by atoms with E-state index in [-0.39, 0.29) is 11.3 Å². The zero-order chi connectivity index (χ0) is 10.6. The summed E-state index contributed by atoms with van der Waals surface area (Å²) >= 11 is 3.18. The van der Waals surface area contributed by atoms with E-state index in [4.69, 9.17) is 5.73 Å². The number of hydrogen-bond donors (Lipinski definition) is 1. The second-order valence-electron chi connectivity index (χ2n) is 2.59. The maximum Gasteiger partial charge on any atom is 0.143 e. The molecule has 0 saturated heterocycles. The van der Waals surface area contributed by atoms with Gasteiger partial charge in [-0.3, -0.25) is 0 Å². The molecule has 1 aromatic carbocycles. The monoisotopic (exact) mass is 259 g/mol. The van der Waals surface area contributed by atoms with E-state index in [0.717, 1.165) is 12.1 Å². The average molecular weight is 260 g/mol. The molecule has 2 N–H and O–H groups in total. The Morgan fingerprint density at radius 3 is 2.64 bits per heavy atom. The van der Waals surface area contributed by atoms with Crippen molar-refractivity contribution in [2.45, 2.75) is 6.42 Å². The molecule has 1 nitrogen and oxygen atoms in total. The molecule has 1 aromatic rings. The average Bonchev–Trinajstić information content (AvgIpc) is 2.09. The molecule has 0 aliphatic heterocycles. The Kier molecular flexibility index (Phi) is 3.90. The molecule has 0 atom stereocenters. The molecular formula is C10H8BrF2N. The van der Waals surface area contributed by atoms with E-state index >= 15 is 0 Å². The third kappa shape index (κ3) is 2.71. The van der Waals surface area contributed by atoms with Crippen LogP contribution in [0.1, 0.15) is 12.0 Å². The molecular weight excluding hydrogens is 252 g/mol. The zero-order valence-electron chi connectivity index (χ0n) is 7.28. The van der Waals surface area contributed by atoms with E-state index in [0.29, 0.717) is 11.8 Å². The first-order valence-electron chi connectivity index (χ1n) is 3.94. The lowest BCUT2D eigenvalue weighted by molar-refractivity contribution is 0.582. The Morgan fingerprint density at radius 2 is 2.07 bits per heavy atom. The Hall–Kier alpha value is -1.08. The molecule has 0 amide bonds. The first-order valence-corrected chi connectivity index (χ1v) is 5.06. The van der Waals surface area contributed by atoms with Gasteiger partial charge in [0.2, 0.25) is 0 Å². The standard InChI is InChI=1S/C10H8BrF2N/c11-4-2-1-3-8-9(13)5-7(12)6-10(8)14/h5-6H,2,4,14H2. The van der Waals surface area contributed by atoms with Gasteiger partial charge in [0.15, 0.2) is 0 Å². The van der Waals surface area contributed by atoms with Crippen LogP contribution < -0.4 is 5.73 Å². The zero-order valence-corrected chi connectivity index (χ0v) is 8.87. The van der Waals surface area contributed by atoms with Gasteiger partial charge < -0.3 is 5.73 Å². The lowest BCUT2D eigenvalue weighted by Crippen LogP contribution is -1.95. The second kappa shape index (κ2) is 4.97. The van der Waals surface area contributed by atoms with Gasteiger partial charge in [-0.1, -0.05) is 27.8 Å². The highest BCUT2D eigenvalue weighted by Gasteiger charge is 2.05. The van der Waals surface area contributed by atoms with Crippen molar-refractivity contribution in [3.05, 3.63) is 29.3 Å². The van der Waals surface area contributed by atoms with E-state index in [9.17, 15) is 8.78 Å². The van der Waals surface area contributed by atoms with Crippen molar-refractivity contribution in [1.29, 1.82) is 0 Å². The third-order valence-electron chi connectivity index (χ3n) is 1.52. The molecule has 0 bridgehead atoms. The molecule has 1 rings (SSSR count). The molecule has 0 heterocycles. The number of rotatable bonds is 1. The summed E-state index contributed by atoms with van der Waals surface area (Å²) in [6.07, 6.45) is 0.594.